The maximum Gasteiger partial charge on any atom is 0.343 e. The minimum absolute atomic E-state index is 0.0913. The van der Waals surface area contributed by atoms with Crippen LogP contribution in [0, 0.1) is 0 Å². The largest absolute Gasteiger partial charge is 0.494 e. The predicted molar refractivity (Wildman–Crippen MR) is 163 cm³/mol. The van der Waals surface area contributed by atoms with Gasteiger partial charge in [-0.15, -0.1) is 0 Å². The Bertz CT molecular complexity index is 1170. The molecule has 0 N–H and O–H groups in total. The van der Waals surface area contributed by atoms with Crippen LogP contribution in [0.4, 0.5) is 0 Å². The quantitative estimate of drug-likeness (QED) is 0.103. The summed E-state index contributed by atoms with van der Waals surface area (Å²) in [6, 6.07) is 22.7. The molecule has 0 fully saturated rings. The number of rotatable bonds is 16. The summed E-state index contributed by atoms with van der Waals surface area (Å²) >= 11 is 0. The van der Waals surface area contributed by atoms with E-state index < -0.39 is 5.97 Å². The Balaban J connectivity index is 1.49. The zero-order chi connectivity index (χ0) is 28.7. The summed E-state index contributed by atoms with van der Waals surface area (Å²) in [4.78, 5) is 27.2. The van der Waals surface area contributed by atoms with Crippen LogP contribution in [0.15, 0.2) is 72.8 Å². The standard InChI is InChI=1S/C35H45NO4/c1-5-7-9-10-11-12-26-39-32-21-19-30(20-22-32)29-13-15-31(16-14-29)35(38)40-33-23-17-28(18-24-33)27(3)34(37)36(4)25-8-6-2/h13-24,27H,5-12,25-26H2,1-4H3/t27-/m0/s1. The molecule has 5 nitrogen and oxygen atoms in total. The van der Waals surface area contributed by atoms with Gasteiger partial charge in [-0.2, -0.15) is 0 Å². The van der Waals surface area contributed by atoms with E-state index >= 15 is 0 Å². The van der Waals surface area contributed by atoms with Gasteiger partial charge in [0.15, 0.2) is 0 Å². The van der Waals surface area contributed by atoms with Crippen molar-refractivity contribution in [2.24, 2.45) is 0 Å². The van der Waals surface area contributed by atoms with Gasteiger partial charge in [-0.05, 0) is 72.9 Å². The molecule has 0 radical (unpaired) electrons. The zero-order valence-electron chi connectivity index (χ0n) is 24.7. The number of ether oxygens (including phenoxy) is 2. The highest BCUT2D eigenvalue weighted by Crippen LogP contribution is 2.25. The predicted octanol–water partition coefficient (Wildman–Crippen LogP) is 8.67. The lowest BCUT2D eigenvalue weighted by atomic mass is 9.99. The van der Waals surface area contributed by atoms with Crippen molar-refractivity contribution in [3.63, 3.8) is 0 Å². The van der Waals surface area contributed by atoms with Gasteiger partial charge in [0.25, 0.3) is 0 Å². The molecule has 214 valence electrons. The van der Waals surface area contributed by atoms with E-state index in [1.54, 1.807) is 29.2 Å². The molecule has 0 aromatic heterocycles. The van der Waals surface area contributed by atoms with E-state index in [-0.39, 0.29) is 11.8 Å². The average Bonchev–Trinajstić information content (AvgIpc) is 2.99. The van der Waals surface area contributed by atoms with E-state index in [1.165, 1.54) is 32.1 Å². The summed E-state index contributed by atoms with van der Waals surface area (Å²) in [7, 11) is 1.84. The number of hydrogen-bond donors (Lipinski definition) is 0. The average molecular weight is 544 g/mol. The number of amides is 1. The van der Waals surface area contributed by atoms with Crippen molar-refractivity contribution in [2.75, 3.05) is 20.2 Å². The molecule has 1 amide bonds. The first-order chi connectivity index (χ1) is 19.4. The van der Waals surface area contributed by atoms with Gasteiger partial charge in [-0.3, -0.25) is 4.79 Å². The molecule has 0 aliphatic carbocycles. The van der Waals surface area contributed by atoms with Crippen LogP contribution >= 0.6 is 0 Å². The summed E-state index contributed by atoms with van der Waals surface area (Å²) < 4.78 is 11.5. The van der Waals surface area contributed by atoms with Gasteiger partial charge in [0.05, 0.1) is 18.1 Å². The van der Waals surface area contributed by atoms with Crippen molar-refractivity contribution in [3.05, 3.63) is 83.9 Å². The van der Waals surface area contributed by atoms with Crippen LogP contribution < -0.4 is 9.47 Å². The molecule has 0 unspecified atom stereocenters. The molecule has 3 rings (SSSR count). The van der Waals surface area contributed by atoms with E-state index in [1.807, 2.05) is 62.5 Å². The number of esters is 1. The molecule has 0 aliphatic rings. The highest BCUT2D eigenvalue weighted by Gasteiger charge is 2.19. The second-order valence-electron chi connectivity index (χ2n) is 10.5. The van der Waals surface area contributed by atoms with Gasteiger partial charge >= 0.3 is 5.97 Å². The summed E-state index contributed by atoms with van der Waals surface area (Å²) in [6.07, 6.45) is 9.53. The molecule has 0 bridgehead atoms. The Hall–Kier alpha value is -3.60. The maximum atomic E-state index is 12.7. The first-order valence-electron chi connectivity index (χ1n) is 14.8. The summed E-state index contributed by atoms with van der Waals surface area (Å²) in [5, 5.41) is 0. The van der Waals surface area contributed by atoms with Crippen LogP contribution in [-0.2, 0) is 4.79 Å². The van der Waals surface area contributed by atoms with Gasteiger partial charge in [0.1, 0.15) is 11.5 Å². The van der Waals surface area contributed by atoms with Crippen LogP contribution in [0.25, 0.3) is 11.1 Å². The summed E-state index contributed by atoms with van der Waals surface area (Å²) in [5.74, 6) is 0.758. The molecule has 5 heteroatoms. The summed E-state index contributed by atoms with van der Waals surface area (Å²) in [6.45, 7) is 7.76. The molecule has 1 atom stereocenters. The number of hydrogen-bond acceptors (Lipinski definition) is 4. The highest BCUT2D eigenvalue weighted by atomic mass is 16.5. The van der Waals surface area contributed by atoms with Crippen molar-refractivity contribution >= 4 is 11.9 Å². The van der Waals surface area contributed by atoms with Gasteiger partial charge in [-0.1, -0.05) is 88.8 Å². The lowest BCUT2D eigenvalue weighted by molar-refractivity contribution is -0.131. The fraction of sp³-hybridized carbons (Fsp3) is 0.429. The third-order valence-corrected chi connectivity index (χ3v) is 7.26. The Kier molecular flexibility index (Phi) is 12.8. The van der Waals surface area contributed by atoms with Crippen molar-refractivity contribution in [1.29, 1.82) is 0 Å². The van der Waals surface area contributed by atoms with Gasteiger partial charge in [0, 0.05) is 13.6 Å². The summed E-state index contributed by atoms with van der Waals surface area (Å²) in [5.41, 5.74) is 3.46. The SMILES string of the molecule is CCCCCCCCOc1ccc(-c2ccc(C(=O)Oc3ccc([C@H](C)C(=O)N(C)CCCC)cc3)cc2)cc1. The second-order valence-corrected chi connectivity index (χ2v) is 10.5. The number of nitrogens with zero attached hydrogens (tertiary/aromatic N) is 1. The topological polar surface area (TPSA) is 55.8 Å². The van der Waals surface area contributed by atoms with Gasteiger partial charge < -0.3 is 14.4 Å². The Morgan fingerprint density at radius 3 is 1.88 bits per heavy atom. The molecular weight excluding hydrogens is 498 g/mol. The molecule has 40 heavy (non-hydrogen) atoms. The molecular formula is C35H45NO4. The van der Waals surface area contributed by atoms with Gasteiger partial charge in [-0.25, -0.2) is 4.79 Å². The van der Waals surface area contributed by atoms with Crippen molar-refractivity contribution in [3.8, 4) is 22.6 Å². The smallest absolute Gasteiger partial charge is 0.343 e. The van der Waals surface area contributed by atoms with Gasteiger partial charge in [0.2, 0.25) is 5.91 Å². The van der Waals surface area contributed by atoms with Crippen LogP contribution in [0.3, 0.4) is 0 Å². The second kappa shape index (κ2) is 16.5. The fourth-order valence-electron chi connectivity index (χ4n) is 4.58. The van der Waals surface area contributed by atoms with E-state index in [0.29, 0.717) is 11.3 Å². The lowest BCUT2D eigenvalue weighted by Gasteiger charge is -2.21. The highest BCUT2D eigenvalue weighted by molar-refractivity contribution is 5.91. The monoisotopic (exact) mass is 543 g/mol. The van der Waals surface area contributed by atoms with Crippen LogP contribution in [0.1, 0.15) is 94.0 Å². The molecule has 3 aromatic carbocycles. The van der Waals surface area contributed by atoms with Crippen LogP contribution in [0.5, 0.6) is 11.5 Å². The number of benzene rings is 3. The number of carbonyl (C=O) groups is 2. The number of likely N-dealkylation sites (N-methyl/N-ethyl adjacent to an activating group) is 1. The van der Waals surface area contributed by atoms with Crippen molar-refractivity contribution in [2.45, 2.75) is 78.1 Å². The normalized spacial score (nSPS) is 11.6. The molecule has 0 heterocycles. The van der Waals surface area contributed by atoms with Crippen LogP contribution in [-0.4, -0.2) is 37.0 Å². The third kappa shape index (κ3) is 9.55. The number of unbranched alkanes of at least 4 members (excludes halogenated alkanes) is 6. The minimum atomic E-state index is -0.416. The fourth-order valence-corrected chi connectivity index (χ4v) is 4.58. The third-order valence-electron chi connectivity index (χ3n) is 7.26. The Morgan fingerprint density at radius 1 is 0.700 bits per heavy atom. The Morgan fingerprint density at radius 2 is 1.25 bits per heavy atom. The molecule has 0 saturated carbocycles. The molecule has 0 saturated heterocycles. The first kappa shape index (κ1) is 30.9. The Labute approximate surface area is 240 Å². The van der Waals surface area contributed by atoms with Crippen molar-refractivity contribution in [1.82, 2.24) is 4.90 Å². The lowest BCUT2D eigenvalue weighted by Crippen LogP contribution is -2.31. The van der Waals surface area contributed by atoms with Crippen molar-refractivity contribution < 1.29 is 19.1 Å². The zero-order valence-corrected chi connectivity index (χ0v) is 24.7. The van der Waals surface area contributed by atoms with E-state index in [0.717, 1.165) is 54.9 Å². The molecule has 0 spiro atoms. The maximum absolute atomic E-state index is 12.7. The van der Waals surface area contributed by atoms with E-state index in [2.05, 4.69) is 13.8 Å². The minimum Gasteiger partial charge on any atom is -0.494 e. The molecule has 3 aromatic rings. The van der Waals surface area contributed by atoms with E-state index in [4.69, 9.17) is 9.47 Å². The van der Waals surface area contributed by atoms with E-state index in [9.17, 15) is 9.59 Å². The molecule has 0 aliphatic heterocycles. The first-order valence-corrected chi connectivity index (χ1v) is 14.8. The van der Waals surface area contributed by atoms with Crippen LogP contribution in [0.2, 0.25) is 0 Å². The number of carbonyl (C=O) groups excluding carboxylic acids is 2.